The normalized spacial score (nSPS) is 10.4. The molecular weight excluding hydrogens is 358 g/mol. The number of thiol groups is 1. The number of hydrogen-bond acceptors (Lipinski definition) is 5. The molecule has 0 atom stereocenters. The van der Waals surface area contributed by atoms with Crippen molar-refractivity contribution in [2.75, 3.05) is 12.8 Å². The van der Waals surface area contributed by atoms with E-state index in [4.69, 9.17) is 22.1 Å². The number of benzene rings is 2. The first-order valence-corrected chi connectivity index (χ1v) is 8.18. The summed E-state index contributed by atoms with van der Waals surface area (Å²) in [5.41, 5.74) is 8.25. The number of ether oxygens (including phenoxy) is 1. The largest absolute Gasteiger partial charge is 0.495 e. The van der Waals surface area contributed by atoms with Gasteiger partial charge in [-0.05, 0) is 30.3 Å². The van der Waals surface area contributed by atoms with E-state index in [2.05, 4.69) is 32.8 Å². The van der Waals surface area contributed by atoms with Crippen LogP contribution in [0.3, 0.4) is 0 Å². The molecule has 0 aliphatic carbocycles. The van der Waals surface area contributed by atoms with E-state index in [9.17, 15) is 0 Å². The Hall–Kier alpha value is -2.64. The molecule has 4 N–H and O–H groups in total. The Bertz CT molecular complexity index is 965. The third-order valence-corrected chi connectivity index (χ3v) is 3.95. The number of anilines is 1. The molecule has 25 heavy (non-hydrogen) atoms. The molecule has 128 valence electrons. The third kappa shape index (κ3) is 4.07. The van der Waals surface area contributed by atoms with Gasteiger partial charge in [0.25, 0.3) is 0 Å². The number of aromatic amines is 2. The number of methoxy groups -OCH3 is 1. The van der Waals surface area contributed by atoms with Crippen LogP contribution in [0.4, 0.5) is 5.82 Å². The number of rotatable bonds is 2. The zero-order chi connectivity index (χ0) is 17.8. The maximum absolute atomic E-state index is 5.76. The van der Waals surface area contributed by atoms with Crippen molar-refractivity contribution in [1.29, 1.82) is 0 Å². The topological polar surface area (TPSA) is 92.6 Å². The summed E-state index contributed by atoms with van der Waals surface area (Å²) >= 11 is 9.86. The lowest BCUT2D eigenvalue weighted by Gasteiger charge is -2.01. The van der Waals surface area contributed by atoms with Gasteiger partial charge in [0.1, 0.15) is 17.3 Å². The fourth-order valence-corrected chi connectivity index (χ4v) is 2.73. The Balaban J connectivity index is 0.000000160. The van der Waals surface area contributed by atoms with Gasteiger partial charge in [-0.25, -0.2) is 4.98 Å². The summed E-state index contributed by atoms with van der Waals surface area (Å²) in [6, 6.07) is 14.9. The summed E-state index contributed by atoms with van der Waals surface area (Å²) in [7, 11) is 1.58. The summed E-state index contributed by atoms with van der Waals surface area (Å²) < 4.78 is 4.93. The van der Waals surface area contributed by atoms with Crippen LogP contribution in [0.1, 0.15) is 0 Å². The van der Waals surface area contributed by atoms with Crippen molar-refractivity contribution in [1.82, 2.24) is 20.2 Å². The molecule has 0 unspecified atom stereocenters. The van der Waals surface area contributed by atoms with E-state index in [-0.39, 0.29) is 0 Å². The van der Waals surface area contributed by atoms with Crippen LogP contribution < -0.4 is 10.5 Å². The highest BCUT2D eigenvalue weighted by atomic mass is 35.5. The molecule has 8 heteroatoms. The molecule has 0 bridgehead atoms. The second-order valence-corrected chi connectivity index (χ2v) is 6.05. The van der Waals surface area contributed by atoms with Gasteiger partial charge in [0.15, 0.2) is 5.82 Å². The lowest BCUT2D eigenvalue weighted by molar-refractivity contribution is 0.414. The van der Waals surface area contributed by atoms with Gasteiger partial charge in [0.05, 0.1) is 23.2 Å². The summed E-state index contributed by atoms with van der Waals surface area (Å²) in [5.74, 6) is 1.89. The van der Waals surface area contributed by atoms with E-state index >= 15 is 0 Å². The first kappa shape index (κ1) is 17.2. The molecule has 0 amide bonds. The SMILES string of the molecule is COc1ccc(S)cc1Cl.Nc1cc(-c2nc3ccccc3[nH]2)[nH]n1. The number of fused-ring (bicyclic) bond motifs is 1. The number of imidazole rings is 1. The second kappa shape index (κ2) is 7.50. The number of para-hydroxylation sites is 2. The molecule has 0 spiro atoms. The smallest absolute Gasteiger partial charge is 0.156 e. The quantitative estimate of drug-likeness (QED) is 0.397. The number of hydrogen-bond donors (Lipinski definition) is 4. The molecule has 0 fully saturated rings. The van der Waals surface area contributed by atoms with Gasteiger partial charge in [0, 0.05) is 11.0 Å². The second-order valence-electron chi connectivity index (χ2n) is 5.13. The van der Waals surface area contributed by atoms with Gasteiger partial charge in [0.2, 0.25) is 0 Å². The van der Waals surface area contributed by atoms with Crippen molar-refractivity contribution < 1.29 is 4.74 Å². The van der Waals surface area contributed by atoms with Crippen LogP contribution in [0, 0.1) is 0 Å². The number of nitrogens with zero attached hydrogens (tertiary/aromatic N) is 2. The standard InChI is InChI=1S/C10H9N5.C7H7ClOS/c11-9-5-8(14-15-9)10-12-6-3-1-2-4-7(6)13-10;1-9-7-3-2-5(10)4-6(7)8/h1-5H,(H,12,13)(H3,11,14,15);2-4,10H,1H3. The fourth-order valence-electron chi connectivity index (χ4n) is 2.19. The van der Waals surface area contributed by atoms with E-state index in [0.717, 1.165) is 27.4 Å². The van der Waals surface area contributed by atoms with Crippen LogP contribution >= 0.6 is 24.2 Å². The van der Waals surface area contributed by atoms with E-state index in [1.165, 1.54) is 0 Å². The molecule has 4 rings (SSSR count). The minimum atomic E-state index is 0.463. The van der Waals surface area contributed by atoms with Crippen LogP contribution in [0.2, 0.25) is 5.02 Å². The maximum Gasteiger partial charge on any atom is 0.156 e. The highest BCUT2D eigenvalue weighted by Gasteiger charge is 2.06. The van der Waals surface area contributed by atoms with E-state index in [1.807, 2.05) is 30.3 Å². The van der Waals surface area contributed by atoms with E-state index in [1.54, 1.807) is 25.3 Å². The maximum atomic E-state index is 5.76. The predicted octanol–water partition coefficient (Wildman–Crippen LogP) is 4.17. The van der Waals surface area contributed by atoms with Crippen LogP contribution in [-0.2, 0) is 0 Å². The van der Waals surface area contributed by atoms with E-state index < -0.39 is 0 Å². The molecule has 4 aromatic rings. The Kier molecular flexibility index (Phi) is 5.16. The van der Waals surface area contributed by atoms with Crippen molar-refractivity contribution in [3.63, 3.8) is 0 Å². The molecule has 2 aromatic heterocycles. The van der Waals surface area contributed by atoms with Crippen LogP contribution in [0.5, 0.6) is 5.75 Å². The fraction of sp³-hybridized carbons (Fsp3) is 0.0588. The minimum absolute atomic E-state index is 0.463. The van der Waals surface area contributed by atoms with Gasteiger partial charge in [-0.1, -0.05) is 23.7 Å². The number of H-pyrrole nitrogens is 2. The first-order chi connectivity index (χ1) is 12.1. The predicted molar refractivity (Wildman–Crippen MR) is 103 cm³/mol. The molecule has 6 nitrogen and oxygen atoms in total. The van der Waals surface area contributed by atoms with Crippen LogP contribution in [0.25, 0.3) is 22.6 Å². The average molecular weight is 374 g/mol. The number of aromatic nitrogens is 4. The summed E-state index contributed by atoms with van der Waals surface area (Å²) in [6.07, 6.45) is 0. The zero-order valence-corrected chi connectivity index (χ0v) is 15.0. The van der Waals surface area contributed by atoms with Crippen LogP contribution in [0.15, 0.2) is 53.4 Å². The monoisotopic (exact) mass is 373 g/mol. The Morgan fingerprint density at radius 2 is 1.96 bits per heavy atom. The number of nitrogens with two attached hydrogens (primary N) is 1. The van der Waals surface area contributed by atoms with Crippen molar-refractivity contribution in [3.05, 3.63) is 53.6 Å². The summed E-state index contributed by atoms with van der Waals surface area (Å²) in [6.45, 7) is 0. The third-order valence-electron chi connectivity index (χ3n) is 3.38. The highest BCUT2D eigenvalue weighted by Crippen LogP contribution is 2.26. The van der Waals surface area contributed by atoms with Crippen molar-refractivity contribution in [3.8, 4) is 17.3 Å². The molecular formula is C17H16ClN5OS. The molecule has 0 saturated heterocycles. The average Bonchev–Trinajstić information content (AvgIpc) is 3.21. The van der Waals surface area contributed by atoms with Gasteiger partial charge in [-0.2, -0.15) is 5.10 Å². The zero-order valence-electron chi connectivity index (χ0n) is 13.3. The van der Waals surface area contributed by atoms with Gasteiger partial charge in [-0.3, -0.25) is 5.10 Å². The van der Waals surface area contributed by atoms with Crippen molar-refractivity contribution >= 4 is 41.1 Å². The molecule has 0 radical (unpaired) electrons. The summed E-state index contributed by atoms with van der Waals surface area (Å²) in [5, 5.41) is 7.26. The highest BCUT2D eigenvalue weighted by molar-refractivity contribution is 7.80. The first-order valence-electron chi connectivity index (χ1n) is 7.35. The Morgan fingerprint density at radius 3 is 2.60 bits per heavy atom. The number of nitrogen functional groups attached to an aromatic ring is 1. The Labute approximate surface area is 154 Å². The molecule has 2 aromatic carbocycles. The summed E-state index contributed by atoms with van der Waals surface area (Å²) in [4.78, 5) is 8.44. The Morgan fingerprint density at radius 1 is 1.16 bits per heavy atom. The van der Waals surface area contributed by atoms with Gasteiger partial charge in [-0.15, -0.1) is 12.6 Å². The van der Waals surface area contributed by atoms with Crippen molar-refractivity contribution in [2.24, 2.45) is 0 Å². The molecule has 0 aliphatic rings. The lowest BCUT2D eigenvalue weighted by Crippen LogP contribution is -1.82. The van der Waals surface area contributed by atoms with Gasteiger partial charge < -0.3 is 15.5 Å². The number of nitrogens with one attached hydrogen (secondary N) is 2. The molecule has 0 saturated carbocycles. The molecule has 2 heterocycles. The minimum Gasteiger partial charge on any atom is -0.495 e. The lowest BCUT2D eigenvalue weighted by atomic mass is 10.3. The van der Waals surface area contributed by atoms with E-state index in [0.29, 0.717) is 16.6 Å². The van der Waals surface area contributed by atoms with Crippen LogP contribution in [-0.4, -0.2) is 27.3 Å². The number of halogens is 1. The molecule has 0 aliphatic heterocycles. The van der Waals surface area contributed by atoms with Crippen molar-refractivity contribution in [2.45, 2.75) is 4.90 Å². The van der Waals surface area contributed by atoms with Gasteiger partial charge >= 0.3 is 0 Å².